The molecule has 0 fully saturated rings. The van der Waals surface area contributed by atoms with Crippen molar-refractivity contribution in [3.05, 3.63) is 36.0 Å². The van der Waals surface area contributed by atoms with Gasteiger partial charge in [-0.15, -0.1) is 13.2 Å². The lowest BCUT2D eigenvalue weighted by Gasteiger charge is -2.10. The zero-order valence-electron chi connectivity index (χ0n) is 12.6. The predicted molar refractivity (Wildman–Crippen MR) is 78.5 cm³/mol. The number of anilines is 1. The highest BCUT2D eigenvalue weighted by molar-refractivity contribution is 7.92. The maximum atomic E-state index is 12.3. The van der Waals surface area contributed by atoms with Crippen molar-refractivity contribution in [1.82, 2.24) is 10.2 Å². The highest BCUT2D eigenvalue weighted by atomic mass is 32.2. The molecule has 2 rings (SSSR count). The summed E-state index contributed by atoms with van der Waals surface area (Å²) in [5.41, 5.74) is -0.137. The van der Waals surface area contributed by atoms with Gasteiger partial charge in [0.15, 0.2) is 0 Å². The number of benzene rings is 1. The molecule has 0 aliphatic heterocycles. The monoisotopic (exact) mass is 379 g/mol. The van der Waals surface area contributed by atoms with Gasteiger partial charge >= 0.3 is 12.3 Å². The number of aromatic amines is 1. The van der Waals surface area contributed by atoms with Crippen LogP contribution in [0, 0.1) is 0 Å². The Morgan fingerprint density at radius 2 is 1.92 bits per heavy atom. The van der Waals surface area contributed by atoms with Gasteiger partial charge in [0.25, 0.3) is 10.0 Å². The van der Waals surface area contributed by atoms with Crippen molar-refractivity contribution in [3.8, 4) is 5.75 Å². The number of H-pyrrole nitrogens is 1. The topological polar surface area (TPSA) is 110 Å². The fourth-order valence-corrected chi connectivity index (χ4v) is 2.78. The van der Waals surface area contributed by atoms with Crippen LogP contribution in [-0.4, -0.2) is 37.6 Å². The van der Waals surface area contributed by atoms with E-state index in [1.54, 1.807) is 6.92 Å². The smallest absolute Gasteiger partial charge is 0.462 e. The molecule has 2 aromatic rings. The van der Waals surface area contributed by atoms with Gasteiger partial charge in [-0.1, -0.05) is 0 Å². The largest absolute Gasteiger partial charge is 0.573 e. The molecule has 0 aliphatic carbocycles. The van der Waals surface area contributed by atoms with Crippen LogP contribution in [0.4, 0.5) is 19.0 Å². The Hall–Kier alpha value is -2.76. The first-order valence-corrected chi connectivity index (χ1v) is 8.20. The Balaban J connectivity index is 2.20. The number of hydrogen-bond donors (Lipinski definition) is 2. The van der Waals surface area contributed by atoms with E-state index in [2.05, 4.69) is 19.7 Å². The third kappa shape index (κ3) is 4.86. The summed E-state index contributed by atoms with van der Waals surface area (Å²) >= 11 is 0. The van der Waals surface area contributed by atoms with E-state index in [-0.39, 0.29) is 22.9 Å². The van der Waals surface area contributed by atoms with Gasteiger partial charge in [0.1, 0.15) is 17.1 Å². The Morgan fingerprint density at radius 3 is 2.48 bits per heavy atom. The molecule has 1 aromatic heterocycles. The van der Waals surface area contributed by atoms with E-state index in [1.807, 2.05) is 0 Å². The van der Waals surface area contributed by atoms with E-state index in [9.17, 15) is 26.4 Å². The van der Waals surface area contributed by atoms with Crippen LogP contribution in [-0.2, 0) is 14.8 Å². The van der Waals surface area contributed by atoms with Gasteiger partial charge in [-0.25, -0.2) is 13.2 Å². The normalized spacial score (nSPS) is 11.8. The standard InChI is InChI=1S/C13H12F3N3O5S/c1-2-23-12(20)10-7-17-18-11(10)19-25(21,22)9-5-3-8(4-6-9)24-13(14,15)16/h3-7H,2H2,1H3,(H2,17,18,19). The van der Waals surface area contributed by atoms with Gasteiger partial charge in [-0.2, -0.15) is 5.10 Å². The molecule has 0 unspecified atom stereocenters. The molecule has 0 saturated heterocycles. The lowest BCUT2D eigenvalue weighted by Crippen LogP contribution is -2.18. The first-order valence-electron chi connectivity index (χ1n) is 6.71. The van der Waals surface area contributed by atoms with Gasteiger partial charge in [0, 0.05) is 0 Å². The minimum absolute atomic E-state index is 0.0802. The molecule has 136 valence electrons. The number of nitrogens with one attached hydrogen (secondary N) is 2. The number of rotatable bonds is 6. The second kappa shape index (κ2) is 7.01. The Labute approximate surface area is 140 Å². The fourth-order valence-electron chi connectivity index (χ4n) is 1.74. The number of sulfonamides is 1. The predicted octanol–water partition coefficient (Wildman–Crippen LogP) is 2.29. The number of nitrogens with zero attached hydrogens (tertiary/aromatic N) is 1. The maximum absolute atomic E-state index is 12.3. The lowest BCUT2D eigenvalue weighted by molar-refractivity contribution is -0.274. The number of hydrogen-bond acceptors (Lipinski definition) is 6. The Kier molecular flexibility index (Phi) is 5.21. The number of aromatic nitrogens is 2. The van der Waals surface area contributed by atoms with Gasteiger partial charge in [-0.3, -0.25) is 9.82 Å². The molecular formula is C13H12F3N3O5S. The molecule has 0 bridgehead atoms. The second-order valence-electron chi connectivity index (χ2n) is 4.50. The van der Waals surface area contributed by atoms with Crippen molar-refractivity contribution in [2.75, 3.05) is 11.3 Å². The molecule has 0 spiro atoms. The third-order valence-electron chi connectivity index (χ3n) is 2.74. The van der Waals surface area contributed by atoms with Gasteiger partial charge in [0.05, 0.1) is 17.7 Å². The summed E-state index contributed by atoms with van der Waals surface area (Å²) in [7, 11) is -4.18. The summed E-state index contributed by atoms with van der Waals surface area (Å²) in [6, 6.07) is 3.54. The number of alkyl halides is 3. The number of halogens is 3. The van der Waals surface area contributed by atoms with Crippen molar-refractivity contribution in [2.24, 2.45) is 0 Å². The molecule has 12 heteroatoms. The van der Waals surface area contributed by atoms with Crippen LogP contribution in [0.3, 0.4) is 0 Å². The summed E-state index contributed by atoms with van der Waals surface area (Å²) in [6.07, 6.45) is -3.81. The summed E-state index contributed by atoms with van der Waals surface area (Å²) in [5.74, 6) is -1.59. The highest BCUT2D eigenvalue weighted by Crippen LogP contribution is 2.25. The highest BCUT2D eigenvalue weighted by Gasteiger charge is 2.31. The number of carbonyl (C=O) groups excluding carboxylic acids is 1. The molecule has 8 nitrogen and oxygen atoms in total. The van der Waals surface area contributed by atoms with Gasteiger partial charge in [0.2, 0.25) is 0 Å². The Bertz CT molecular complexity index is 847. The molecule has 25 heavy (non-hydrogen) atoms. The lowest BCUT2D eigenvalue weighted by atomic mass is 10.3. The third-order valence-corrected chi connectivity index (χ3v) is 4.10. The van der Waals surface area contributed by atoms with Crippen LogP contribution < -0.4 is 9.46 Å². The number of ether oxygens (including phenoxy) is 2. The summed E-state index contributed by atoms with van der Waals surface area (Å²) in [5, 5.41) is 5.86. The molecule has 0 aliphatic rings. The van der Waals surface area contributed by atoms with Crippen molar-refractivity contribution >= 4 is 21.8 Å². The minimum Gasteiger partial charge on any atom is -0.462 e. The molecule has 2 N–H and O–H groups in total. The average Bonchev–Trinajstić information content (AvgIpc) is 2.94. The van der Waals surface area contributed by atoms with E-state index in [1.165, 1.54) is 0 Å². The molecule has 0 saturated carbocycles. The molecular weight excluding hydrogens is 367 g/mol. The molecule has 0 atom stereocenters. The van der Waals surface area contributed by atoms with Crippen molar-refractivity contribution in [1.29, 1.82) is 0 Å². The van der Waals surface area contributed by atoms with Crippen LogP contribution in [0.5, 0.6) is 5.75 Å². The van der Waals surface area contributed by atoms with E-state index in [4.69, 9.17) is 4.74 Å². The SMILES string of the molecule is CCOC(=O)c1cn[nH]c1NS(=O)(=O)c1ccc(OC(F)(F)F)cc1. The zero-order chi connectivity index (χ0) is 18.7. The van der Waals surface area contributed by atoms with E-state index in [0.29, 0.717) is 0 Å². The van der Waals surface area contributed by atoms with Crippen LogP contribution in [0.2, 0.25) is 0 Å². The summed E-state index contributed by atoms with van der Waals surface area (Å²) in [6.45, 7) is 1.66. The van der Waals surface area contributed by atoms with E-state index in [0.717, 1.165) is 30.5 Å². The number of carbonyl (C=O) groups is 1. The zero-order valence-corrected chi connectivity index (χ0v) is 13.4. The van der Waals surface area contributed by atoms with E-state index < -0.39 is 28.1 Å². The molecule has 1 aromatic carbocycles. The maximum Gasteiger partial charge on any atom is 0.573 e. The fraction of sp³-hybridized carbons (Fsp3) is 0.231. The summed E-state index contributed by atoms with van der Waals surface area (Å²) < 4.78 is 71.3. The Morgan fingerprint density at radius 1 is 1.28 bits per heavy atom. The molecule has 1 heterocycles. The minimum atomic E-state index is -4.89. The quantitative estimate of drug-likeness (QED) is 0.745. The van der Waals surface area contributed by atoms with Crippen molar-refractivity contribution < 1.29 is 35.9 Å². The van der Waals surface area contributed by atoms with Crippen LogP contribution >= 0.6 is 0 Å². The average molecular weight is 379 g/mol. The molecule has 0 amide bonds. The first kappa shape index (κ1) is 18.6. The van der Waals surface area contributed by atoms with Gasteiger partial charge < -0.3 is 9.47 Å². The number of esters is 1. The van der Waals surface area contributed by atoms with Crippen LogP contribution in [0.15, 0.2) is 35.4 Å². The molecule has 0 radical (unpaired) electrons. The first-order chi connectivity index (χ1) is 11.6. The van der Waals surface area contributed by atoms with Crippen LogP contribution in [0.1, 0.15) is 17.3 Å². The van der Waals surface area contributed by atoms with Crippen LogP contribution in [0.25, 0.3) is 0 Å². The van der Waals surface area contributed by atoms with Crippen molar-refractivity contribution in [2.45, 2.75) is 18.2 Å². The van der Waals surface area contributed by atoms with E-state index >= 15 is 0 Å². The van der Waals surface area contributed by atoms with Crippen molar-refractivity contribution in [3.63, 3.8) is 0 Å². The summed E-state index contributed by atoms with van der Waals surface area (Å²) in [4.78, 5) is 11.3. The second-order valence-corrected chi connectivity index (χ2v) is 6.19. The van der Waals surface area contributed by atoms with Gasteiger partial charge in [-0.05, 0) is 31.2 Å².